The van der Waals surface area contributed by atoms with E-state index in [2.05, 4.69) is 15.2 Å². The van der Waals surface area contributed by atoms with Gasteiger partial charge in [0.05, 0.1) is 18.2 Å². The van der Waals surface area contributed by atoms with Crippen LogP contribution in [0, 0.1) is 11.8 Å². The van der Waals surface area contributed by atoms with Gasteiger partial charge < -0.3 is 20.0 Å². The predicted molar refractivity (Wildman–Crippen MR) is 117 cm³/mol. The summed E-state index contributed by atoms with van der Waals surface area (Å²) in [5.74, 6) is 0.0890. The molecule has 0 radical (unpaired) electrons. The Balaban J connectivity index is 1.53. The van der Waals surface area contributed by atoms with Crippen LogP contribution < -0.4 is 5.32 Å². The van der Waals surface area contributed by atoms with Crippen LogP contribution in [0.15, 0.2) is 0 Å². The maximum absolute atomic E-state index is 12.7. The van der Waals surface area contributed by atoms with Crippen LogP contribution in [-0.2, 0) is 27.3 Å². The molecule has 2 aliphatic rings. The summed E-state index contributed by atoms with van der Waals surface area (Å²) in [6, 6.07) is 0. The van der Waals surface area contributed by atoms with Crippen LogP contribution in [0.2, 0.25) is 0 Å². The van der Waals surface area contributed by atoms with Gasteiger partial charge in [-0.15, -0.1) is 0 Å². The van der Waals surface area contributed by atoms with Gasteiger partial charge in [-0.25, -0.2) is 4.98 Å². The lowest BCUT2D eigenvalue weighted by Gasteiger charge is -2.26. The summed E-state index contributed by atoms with van der Waals surface area (Å²) in [5.41, 5.74) is 0.969. The highest BCUT2D eigenvalue weighted by molar-refractivity contribution is 7.15. The van der Waals surface area contributed by atoms with Crippen molar-refractivity contribution in [1.29, 1.82) is 0 Å². The molecule has 1 saturated heterocycles. The first-order valence-corrected chi connectivity index (χ1v) is 11.5. The van der Waals surface area contributed by atoms with Crippen molar-refractivity contribution < 1.29 is 14.4 Å². The fourth-order valence-electron chi connectivity index (χ4n) is 3.89. The maximum Gasteiger partial charge on any atom is 0.231 e. The molecular weight excluding hydrogens is 402 g/mol. The van der Waals surface area contributed by atoms with Crippen LogP contribution in [-0.4, -0.2) is 77.7 Å². The maximum atomic E-state index is 12.7. The highest BCUT2D eigenvalue weighted by Gasteiger charge is 2.34. The van der Waals surface area contributed by atoms with Crippen molar-refractivity contribution in [2.24, 2.45) is 11.8 Å². The molecule has 1 aromatic rings. The first-order chi connectivity index (χ1) is 14.2. The normalized spacial score (nSPS) is 19.0. The van der Waals surface area contributed by atoms with E-state index in [0.717, 1.165) is 23.5 Å². The quantitative estimate of drug-likeness (QED) is 0.673. The molecule has 1 fully saturated rings. The number of nitrogens with zero attached hydrogens (tertiary/aromatic N) is 4. The number of carbonyl (C=O) groups is 3. The van der Waals surface area contributed by atoms with Crippen molar-refractivity contribution in [3.63, 3.8) is 0 Å². The smallest absolute Gasteiger partial charge is 0.231 e. The van der Waals surface area contributed by atoms with Gasteiger partial charge in [0.25, 0.3) is 0 Å². The molecule has 1 unspecified atom stereocenters. The van der Waals surface area contributed by atoms with E-state index in [1.54, 1.807) is 4.90 Å². The molecule has 3 rings (SSSR count). The fraction of sp³-hybridized carbons (Fsp3) is 0.714. The molecule has 0 aliphatic carbocycles. The van der Waals surface area contributed by atoms with E-state index in [4.69, 9.17) is 0 Å². The second-order valence-corrected chi connectivity index (χ2v) is 10.0. The molecule has 0 aromatic carbocycles. The largest absolute Gasteiger partial charge is 0.342 e. The summed E-state index contributed by atoms with van der Waals surface area (Å²) in [6.07, 6.45) is 2.43. The van der Waals surface area contributed by atoms with E-state index < -0.39 is 0 Å². The summed E-state index contributed by atoms with van der Waals surface area (Å²) >= 11 is 1.44. The first kappa shape index (κ1) is 22.7. The van der Waals surface area contributed by atoms with E-state index in [-0.39, 0.29) is 30.1 Å². The first-order valence-electron chi connectivity index (χ1n) is 10.7. The number of thiazole rings is 1. The van der Waals surface area contributed by atoms with Crippen molar-refractivity contribution in [3.8, 4) is 0 Å². The van der Waals surface area contributed by atoms with Crippen molar-refractivity contribution in [1.82, 2.24) is 19.7 Å². The van der Waals surface area contributed by atoms with Crippen LogP contribution in [0.5, 0.6) is 0 Å². The molecule has 1 atom stereocenters. The second-order valence-electron chi connectivity index (χ2n) is 8.94. The van der Waals surface area contributed by atoms with Gasteiger partial charge in [0.15, 0.2) is 5.13 Å². The molecule has 30 heavy (non-hydrogen) atoms. The molecule has 8 nitrogen and oxygen atoms in total. The number of amides is 3. The number of anilines is 1. The van der Waals surface area contributed by atoms with Gasteiger partial charge in [-0.3, -0.25) is 14.4 Å². The summed E-state index contributed by atoms with van der Waals surface area (Å²) in [5, 5.41) is 3.48. The van der Waals surface area contributed by atoms with Crippen LogP contribution in [0.4, 0.5) is 5.13 Å². The third-order valence-electron chi connectivity index (χ3n) is 5.52. The number of hydrogen-bond acceptors (Lipinski definition) is 6. The number of likely N-dealkylation sites (tertiary alicyclic amines) is 1. The van der Waals surface area contributed by atoms with Crippen LogP contribution >= 0.6 is 11.3 Å². The molecule has 0 spiro atoms. The Kier molecular flexibility index (Phi) is 7.46. The highest BCUT2D eigenvalue weighted by Crippen LogP contribution is 2.30. The lowest BCUT2D eigenvalue weighted by molar-refractivity contribution is -0.133. The van der Waals surface area contributed by atoms with Crippen LogP contribution in [0.3, 0.4) is 0 Å². The number of carbonyl (C=O) groups excluding carboxylic acids is 3. The summed E-state index contributed by atoms with van der Waals surface area (Å²) in [4.78, 5) is 48.7. The Bertz CT molecular complexity index is 792. The zero-order valence-electron chi connectivity index (χ0n) is 18.4. The Labute approximate surface area is 182 Å². The van der Waals surface area contributed by atoms with Gasteiger partial charge >= 0.3 is 0 Å². The highest BCUT2D eigenvalue weighted by atomic mass is 32.1. The predicted octanol–water partition coefficient (Wildman–Crippen LogP) is 1.81. The Morgan fingerprint density at radius 1 is 1.33 bits per heavy atom. The van der Waals surface area contributed by atoms with Crippen molar-refractivity contribution in [2.45, 2.75) is 46.1 Å². The molecule has 1 N–H and O–H groups in total. The molecule has 3 heterocycles. The second kappa shape index (κ2) is 9.87. The summed E-state index contributed by atoms with van der Waals surface area (Å²) in [6.45, 7) is 7.41. The van der Waals surface area contributed by atoms with E-state index in [1.165, 1.54) is 11.3 Å². The average Bonchev–Trinajstić information content (AvgIpc) is 3.23. The standard InChI is InChI=1S/C21H33N5O3S/c1-14(2)10-18(27)26-9-6-16-17(13-26)30-21(22-16)23-20(29)15-11-19(28)25(12-15)8-5-7-24(3)4/h14-15H,5-13H2,1-4H3,(H,22,23,29). The minimum atomic E-state index is -0.332. The zero-order chi connectivity index (χ0) is 21.8. The topological polar surface area (TPSA) is 85.8 Å². The molecular formula is C21H33N5O3S. The van der Waals surface area contributed by atoms with E-state index in [0.29, 0.717) is 50.1 Å². The zero-order valence-corrected chi connectivity index (χ0v) is 19.3. The monoisotopic (exact) mass is 435 g/mol. The average molecular weight is 436 g/mol. The Hall–Kier alpha value is -2.00. The number of aromatic nitrogens is 1. The lowest BCUT2D eigenvalue weighted by Crippen LogP contribution is -2.36. The minimum absolute atomic E-state index is 0.0478. The number of fused-ring (bicyclic) bond motifs is 1. The van der Waals surface area contributed by atoms with Gasteiger partial charge in [-0.1, -0.05) is 25.2 Å². The fourth-order valence-corrected chi connectivity index (χ4v) is 4.92. The van der Waals surface area contributed by atoms with Gasteiger partial charge in [0.1, 0.15) is 0 Å². The molecule has 9 heteroatoms. The van der Waals surface area contributed by atoms with Crippen molar-refractivity contribution >= 4 is 34.2 Å². The third-order valence-corrected chi connectivity index (χ3v) is 6.51. The van der Waals surface area contributed by atoms with Gasteiger partial charge in [0, 0.05) is 43.8 Å². The lowest BCUT2D eigenvalue weighted by atomic mass is 10.1. The minimum Gasteiger partial charge on any atom is -0.342 e. The summed E-state index contributed by atoms with van der Waals surface area (Å²) < 4.78 is 0. The van der Waals surface area contributed by atoms with Crippen LogP contribution in [0.25, 0.3) is 0 Å². The van der Waals surface area contributed by atoms with E-state index >= 15 is 0 Å². The molecule has 1 aromatic heterocycles. The van der Waals surface area contributed by atoms with Crippen molar-refractivity contribution in [3.05, 3.63) is 10.6 Å². The number of rotatable bonds is 8. The molecule has 166 valence electrons. The van der Waals surface area contributed by atoms with Crippen LogP contribution in [0.1, 0.15) is 43.7 Å². The Morgan fingerprint density at radius 3 is 2.80 bits per heavy atom. The molecule has 3 amide bonds. The number of hydrogen-bond donors (Lipinski definition) is 1. The van der Waals surface area contributed by atoms with E-state index in [9.17, 15) is 14.4 Å². The van der Waals surface area contributed by atoms with Gasteiger partial charge in [-0.2, -0.15) is 0 Å². The van der Waals surface area contributed by atoms with Crippen molar-refractivity contribution in [2.75, 3.05) is 45.6 Å². The van der Waals surface area contributed by atoms with E-state index in [1.807, 2.05) is 32.8 Å². The Morgan fingerprint density at radius 2 is 2.10 bits per heavy atom. The third kappa shape index (κ3) is 5.78. The summed E-state index contributed by atoms with van der Waals surface area (Å²) in [7, 11) is 4.02. The van der Waals surface area contributed by atoms with Gasteiger partial charge in [-0.05, 0) is 33.0 Å². The van der Waals surface area contributed by atoms with Gasteiger partial charge in [0.2, 0.25) is 17.7 Å². The molecule has 2 aliphatic heterocycles. The molecule has 0 saturated carbocycles. The SMILES string of the molecule is CC(C)CC(=O)N1CCc2nc(NC(=O)C3CC(=O)N(CCCN(C)C)C3)sc2C1. The number of nitrogens with one attached hydrogen (secondary N) is 1. The molecule has 0 bridgehead atoms.